The second-order valence-corrected chi connectivity index (χ2v) is 11.7. The van der Waals surface area contributed by atoms with Gasteiger partial charge in [-0.2, -0.15) is 0 Å². The third kappa shape index (κ3) is 5.39. The summed E-state index contributed by atoms with van der Waals surface area (Å²) in [7, 11) is 1.27. The first-order valence-corrected chi connectivity index (χ1v) is 14.0. The van der Waals surface area contributed by atoms with Crippen LogP contribution in [0.25, 0.3) is 0 Å². The first-order chi connectivity index (χ1) is 18.7. The molecule has 1 spiro atoms. The Morgan fingerprint density at radius 1 is 1.28 bits per heavy atom. The summed E-state index contributed by atoms with van der Waals surface area (Å²) in [6.07, 6.45) is 5.62. The summed E-state index contributed by atoms with van der Waals surface area (Å²) >= 11 is 6.36. The molecule has 208 valence electrons. The van der Waals surface area contributed by atoms with Gasteiger partial charge in [-0.25, -0.2) is 0 Å². The molecule has 0 bridgehead atoms. The number of carboxylic acids is 1. The molecule has 2 unspecified atom stereocenters. The summed E-state index contributed by atoms with van der Waals surface area (Å²) in [5, 5.41) is 20.7. The molecule has 39 heavy (non-hydrogen) atoms. The normalized spacial score (nSPS) is 25.3. The highest BCUT2D eigenvalue weighted by Crippen LogP contribution is 2.47. The van der Waals surface area contributed by atoms with E-state index in [1.807, 2.05) is 18.2 Å². The van der Waals surface area contributed by atoms with E-state index in [0.717, 1.165) is 42.8 Å². The van der Waals surface area contributed by atoms with Crippen molar-refractivity contribution in [3.63, 3.8) is 0 Å². The summed E-state index contributed by atoms with van der Waals surface area (Å²) < 4.78 is 11.5. The van der Waals surface area contributed by atoms with E-state index < -0.39 is 24.0 Å². The van der Waals surface area contributed by atoms with Gasteiger partial charge < -0.3 is 24.6 Å². The molecule has 5 atom stereocenters. The van der Waals surface area contributed by atoms with E-state index >= 15 is 0 Å². The number of halogens is 1. The van der Waals surface area contributed by atoms with Gasteiger partial charge in [-0.1, -0.05) is 29.8 Å². The van der Waals surface area contributed by atoms with Gasteiger partial charge in [0.1, 0.15) is 5.75 Å². The first kappa shape index (κ1) is 27.5. The smallest absolute Gasteiger partial charge is 0.313 e. The van der Waals surface area contributed by atoms with E-state index in [1.54, 1.807) is 12.1 Å². The summed E-state index contributed by atoms with van der Waals surface area (Å²) in [6, 6.07) is 11.6. The summed E-state index contributed by atoms with van der Waals surface area (Å²) in [4.78, 5) is 26.5. The number of carbonyl (C=O) groups excluding carboxylic acids is 1. The summed E-state index contributed by atoms with van der Waals surface area (Å²) in [5.74, 6) is -1.46. The lowest BCUT2D eigenvalue weighted by molar-refractivity contribution is -0.147. The van der Waals surface area contributed by atoms with Crippen molar-refractivity contribution in [2.24, 2.45) is 11.8 Å². The number of carbonyl (C=O) groups is 2. The average molecular weight is 554 g/mol. The van der Waals surface area contributed by atoms with Crippen LogP contribution in [0.1, 0.15) is 54.7 Å². The van der Waals surface area contributed by atoms with E-state index in [-0.39, 0.29) is 23.7 Å². The van der Waals surface area contributed by atoms with Crippen molar-refractivity contribution >= 4 is 29.2 Å². The van der Waals surface area contributed by atoms with Gasteiger partial charge in [0, 0.05) is 23.5 Å². The van der Waals surface area contributed by atoms with Crippen LogP contribution in [0.2, 0.25) is 5.02 Å². The molecule has 2 aliphatic carbocycles. The largest absolute Gasteiger partial charge is 0.490 e. The maximum atomic E-state index is 12.6. The highest BCUT2D eigenvalue weighted by molar-refractivity contribution is 6.30. The molecule has 1 saturated carbocycles. The minimum atomic E-state index is -1.07. The van der Waals surface area contributed by atoms with Crippen molar-refractivity contribution < 1.29 is 29.3 Å². The molecule has 2 aromatic rings. The van der Waals surface area contributed by atoms with Crippen molar-refractivity contribution in [1.82, 2.24) is 0 Å². The van der Waals surface area contributed by atoms with Crippen molar-refractivity contribution in [2.45, 2.75) is 56.0 Å². The van der Waals surface area contributed by atoms with Crippen LogP contribution in [0.4, 0.5) is 5.69 Å². The number of carboxylic acid groups (broad SMARTS) is 1. The monoisotopic (exact) mass is 553 g/mol. The molecule has 5 rings (SSSR count). The number of fused-ring (bicyclic) bond motifs is 3. The zero-order valence-electron chi connectivity index (χ0n) is 22.3. The molecular formula is C31H36ClNO6. The molecule has 1 aliphatic heterocycles. The number of benzene rings is 2. The lowest BCUT2D eigenvalue weighted by Crippen LogP contribution is -2.49. The predicted octanol–water partition coefficient (Wildman–Crippen LogP) is 5.12. The number of esters is 1. The number of rotatable bonds is 8. The van der Waals surface area contributed by atoms with Gasteiger partial charge in [-0.3, -0.25) is 9.59 Å². The molecular weight excluding hydrogens is 518 g/mol. The maximum absolute atomic E-state index is 12.6. The van der Waals surface area contributed by atoms with Crippen LogP contribution in [0, 0.1) is 11.8 Å². The predicted molar refractivity (Wildman–Crippen MR) is 150 cm³/mol. The van der Waals surface area contributed by atoms with Gasteiger partial charge in [0.2, 0.25) is 0 Å². The fraction of sp³-hybridized carbons (Fsp3) is 0.484. The topological polar surface area (TPSA) is 96.3 Å². The molecule has 0 aromatic heterocycles. The minimum Gasteiger partial charge on any atom is -0.490 e. The highest BCUT2D eigenvalue weighted by Gasteiger charge is 2.44. The summed E-state index contributed by atoms with van der Waals surface area (Å²) in [5.41, 5.74) is 3.67. The molecule has 1 heterocycles. The lowest BCUT2D eigenvalue weighted by Gasteiger charge is -2.45. The minimum absolute atomic E-state index is 0.140. The summed E-state index contributed by atoms with van der Waals surface area (Å²) in [6.45, 7) is 5.70. The van der Waals surface area contributed by atoms with Crippen LogP contribution in [-0.2, 0) is 26.2 Å². The molecule has 0 radical (unpaired) electrons. The Morgan fingerprint density at radius 2 is 2.10 bits per heavy atom. The molecule has 2 N–H and O–H groups in total. The van der Waals surface area contributed by atoms with Crippen molar-refractivity contribution in [3.05, 3.63) is 70.8 Å². The second kappa shape index (κ2) is 11.2. The molecule has 0 saturated heterocycles. The number of nitrogens with zero attached hydrogens (tertiary/aromatic N) is 1. The Hall–Kier alpha value is -3.03. The van der Waals surface area contributed by atoms with Crippen LogP contribution < -0.4 is 9.64 Å². The average Bonchev–Trinajstić information content (AvgIpc) is 3.06. The number of hydrogen-bond acceptors (Lipinski definition) is 6. The number of methoxy groups -OCH3 is 1. The molecule has 1 fully saturated rings. The van der Waals surface area contributed by atoms with Gasteiger partial charge in [-0.15, -0.1) is 6.58 Å². The second-order valence-electron chi connectivity index (χ2n) is 11.2. The van der Waals surface area contributed by atoms with E-state index in [9.17, 15) is 19.8 Å². The van der Waals surface area contributed by atoms with E-state index in [0.29, 0.717) is 31.0 Å². The standard InChI is InChI=1S/C31H36ClNO6/c1-3-27(34)23-9-6-21(23)16-33-17-31(12-4-5-20-13-22(32)8-10-25(20)31)18-39-28-11-7-19(14-26(28)33)24(15-29(35)36)30(37)38-2/h3,7-8,10-11,13-14,21,23-24,27,34H,1,4-6,9,12,15-18H2,2H3,(H,35,36)/t21-,23+,24?,27?,31-/m0/s1. The number of hydrogen-bond donors (Lipinski definition) is 2. The Morgan fingerprint density at radius 3 is 2.79 bits per heavy atom. The van der Waals surface area contributed by atoms with Gasteiger partial charge in [-0.05, 0) is 84.9 Å². The maximum Gasteiger partial charge on any atom is 0.313 e. The Bertz CT molecular complexity index is 1260. The van der Waals surface area contributed by atoms with Crippen molar-refractivity contribution in [2.75, 3.05) is 31.7 Å². The Labute approximate surface area is 234 Å². The van der Waals surface area contributed by atoms with Gasteiger partial charge >= 0.3 is 11.9 Å². The van der Waals surface area contributed by atoms with E-state index in [2.05, 4.69) is 23.6 Å². The Kier molecular flexibility index (Phi) is 7.92. The molecule has 0 amide bonds. The third-order valence-electron chi connectivity index (χ3n) is 8.94. The van der Waals surface area contributed by atoms with Gasteiger partial charge in [0.05, 0.1) is 37.8 Å². The fourth-order valence-corrected chi connectivity index (χ4v) is 6.93. The number of aryl methyl sites for hydroxylation is 1. The number of anilines is 1. The molecule has 3 aliphatic rings. The molecule has 8 heteroatoms. The Balaban J connectivity index is 1.56. The number of aliphatic hydroxyl groups excluding tert-OH is 1. The highest BCUT2D eigenvalue weighted by atomic mass is 35.5. The van der Waals surface area contributed by atoms with Crippen LogP contribution in [0.15, 0.2) is 49.1 Å². The van der Waals surface area contributed by atoms with Crippen molar-refractivity contribution in [3.8, 4) is 5.75 Å². The van der Waals surface area contributed by atoms with E-state index in [1.165, 1.54) is 18.2 Å². The van der Waals surface area contributed by atoms with Gasteiger partial charge in [0.25, 0.3) is 0 Å². The van der Waals surface area contributed by atoms with E-state index in [4.69, 9.17) is 21.1 Å². The van der Waals surface area contributed by atoms with Crippen LogP contribution in [-0.4, -0.2) is 55.1 Å². The number of aliphatic carboxylic acids is 1. The zero-order chi connectivity index (χ0) is 27.7. The zero-order valence-corrected chi connectivity index (χ0v) is 23.0. The molecule has 2 aromatic carbocycles. The SMILES string of the molecule is C=CC(O)[C@@H]1CC[C@H]1CN1C[C@@]2(CCCc3cc(Cl)ccc32)COc2ccc(C(CC(=O)O)C(=O)OC)cc21. The van der Waals surface area contributed by atoms with Crippen LogP contribution in [0.3, 0.4) is 0 Å². The fourth-order valence-electron chi connectivity index (χ4n) is 6.73. The van der Waals surface area contributed by atoms with Crippen LogP contribution >= 0.6 is 11.6 Å². The van der Waals surface area contributed by atoms with Crippen molar-refractivity contribution in [1.29, 1.82) is 0 Å². The number of aliphatic hydroxyl groups is 1. The molecule has 7 nitrogen and oxygen atoms in total. The van der Waals surface area contributed by atoms with Gasteiger partial charge in [0.15, 0.2) is 0 Å². The number of ether oxygens (including phenoxy) is 2. The first-order valence-electron chi connectivity index (χ1n) is 13.7. The lowest BCUT2D eigenvalue weighted by atomic mass is 9.68. The van der Waals surface area contributed by atoms with Crippen LogP contribution in [0.5, 0.6) is 5.75 Å². The third-order valence-corrected chi connectivity index (χ3v) is 9.17. The quantitative estimate of drug-likeness (QED) is 0.346.